The van der Waals surface area contributed by atoms with Gasteiger partial charge in [0, 0.05) is 16.1 Å². The number of carbonyl (C=O) groups is 1. The molecule has 0 fully saturated rings. The maximum absolute atomic E-state index is 11.6. The smallest absolute Gasteiger partial charge is 0.189 e. The first kappa shape index (κ1) is 15.9. The monoisotopic (exact) mass is 354 g/mol. The highest BCUT2D eigenvalue weighted by Gasteiger charge is 2.17. The fourth-order valence-corrected chi connectivity index (χ4v) is 3.31. The molecule has 0 aromatic heterocycles. The molecule has 4 nitrogen and oxygen atoms in total. The minimum Gasteiger partial charge on any atom is -0.488 e. The summed E-state index contributed by atoms with van der Waals surface area (Å²) in [6.45, 7) is 0.914. The highest BCUT2D eigenvalue weighted by atomic mass is 35.5. The molecule has 1 heterocycles. The second-order valence-corrected chi connectivity index (χ2v) is 6.21. The summed E-state index contributed by atoms with van der Waals surface area (Å²) in [4.78, 5) is 11.6. The van der Waals surface area contributed by atoms with E-state index in [2.05, 4.69) is 0 Å². The lowest BCUT2D eigenvalue weighted by atomic mass is 10.0. The molecule has 0 radical (unpaired) electrons. The molecule has 126 valence electrons. The normalized spacial score (nSPS) is 13.2. The molecule has 5 heteroatoms. The SMILES string of the molecule is O=Cc1c(OCc2cc(Cl)cc3c2OCOC3)ccc2ccccc12. The van der Waals surface area contributed by atoms with E-state index in [1.54, 1.807) is 0 Å². The first-order chi connectivity index (χ1) is 12.3. The molecule has 3 aromatic rings. The Hall–Kier alpha value is -2.56. The molecule has 1 aliphatic rings. The predicted octanol–water partition coefficient (Wildman–Crippen LogP) is 4.75. The van der Waals surface area contributed by atoms with Crippen LogP contribution in [-0.2, 0) is 18.0 Å². The van der Waals surface area contributed by atoms with Crippen molar-refractivity contribution in [2.45, 2.75) is 13.2 Å². The Morgan fingerprint density at radius 3 is 2.92 bits per heavy atom. The predicted molar refractivity (Wildman–Crippen MR) is 95.4 cm³/mol. The van der Waals surface area contributed by atoms with Crippen LogP contribution in [0.3, 0.4) is 0 Å². The van der Waals surface area contributed by atoms with Crippen molar-refractivity contribution >= 4 is 28.7 Å². The average Bonchev–Trinajstić information content (AvgIpc) is 2.65. The van der Waals surface area contributed by atoms with E-state index in [4.69, 9.17) is 25.8 Å². The Morgan fingerprint density at radius 2 is 2.04 bits per heavy atom. The van der Waals surface area contributed by atoms with Gasteiger partial charge in [-0.1, -0.05) is 41.9 Å². The van der Waals surface area contributed by atoms with Gasteiger partial charge in [0.05, 0.1) is 12.2 Å². The zero-order chi connectivity index (χ0) is 17.2. The van der Waals surface area contributed by atoms with E-state index in [-0.39, 0.29) is 13.4 Å². The van der Waals surface area contributed by atoms with Crippen molar-refractivity contribution in [1.82, 2.24) is 0 Å². The van der Waals surface area contributed by atoms with Gasteiger partial charge in [-0.25, -0.2) is 0 Å². The number of carbonyl (C=O) groups excluding carboxylic acids is 1. The van der Waals surface area contributed by atoms with E-state index in [9.17, 15) is 4.79 Å². The molecule has 1 aliphatic heterocycles. The molecule has 25 heavy (non-hydrogen) atoms. The van der Waals surface area contributed by atoms with Gasteiger partial charge in [-0.3, -0.25) is 4.79 Å². The van der Waals surface area contributed by atoms with Crippen molar-refractivity contribution in [3.05, 3.63) is 70.2 Å². The van der Waals surface area contributed by atoms with Crippen molar-refractivity contribution in [2.24, 2.45) is 0 Å². The topological polar surface area (TPSA) is 44.8 Å². The molecule has 0 aliphatic carbocycles. The second kappa shape index (κ2) is 6.75. The standard InChI is InChI=1S/C20H15ClO4/c21-16-7-14-10-23-12-25-20(14)15(8-16)11-24-19-6-5-13-3-1-2-4-17(13)18(19)9-22/h1-9H,10-12H2. The van der Waals surface area contributed by atoms with E-state index < -0.39 is 0 Å². The molecule has 0 bridgehead atoms. The fourth-order valence-electron chi connectivity index (χ4n) is 3.04. The number of halogens is 1. The van der Waals surface area contributed by atoms with Crippen LogP contribution in [0.25, 0.3) is 10.8 Å². The molecule has 0 atom stereocenters. The fraction of sp³-hybridized carbons (Fsp3) is 0.150. The van der Waals surface area contributed by atoms with Crippen molar-refractivity contribution in [3.8, 4) is 11.5 Å². The van der Waals surface area contributed by atoms with E-state index >= 15 is 0 Å². The second-order valence-electron chi connectivity index (χ2n) is 5.77. The van der Waals surface area contributed by atoms with Gasteiger partial charge in [-0.15, -0.1) is 0 Å². The Labute approximate surface area is 149 Å². The molecular weight excluding hydrogens is 340 g/mol. The van der Waals surface area contributed by atoms with Gasteiger partial charge in [0.25, 0.3) is 0 Å². The lowest BCUT2D eigenvalue weighted by molar-refractivity contribution is -0.0175. The van der Waals surface area contributed by atoms with E-state index in [0.717, 1.165) is 33.9 Å². The number of hydrogen-bond donors (Lipinski definition) is 0. The Bertz CT molecular complexity index is 952. The summed E-state index contributed by atoms with van der Waals surface area (Å²) >= 11 is 6.18. The summed E-state index contributed by atoms with van der Waals surface area (Å²) in [6.07, 6.45) is 0.829. The lowest BCUT2D eigenvalue weighted by Gasteiger charge is -2.21. The molecule has 0 spiro atoms. The van der Waals surface area contributed by atoms with Gasteiger partial charge in [0.15, 0.2) is 13.1 Å². The lowest BCUT2D eigenvalue weighted by Crippen LogP contribution is -2.14. The maximum atomic E-state index is 11.6. The molecule has 0 unspecified atom stereocenters. The van der Waals surface area contributed by atoms with Crippen molar-refractivity contribution in [3.63, 3.8) is 0 Å². The zero-order valence-corrected chi connectivity index (χ0v) is 14.1. The summed E-state index contributed by atoms with van der Waals surface area (Å²) in [5.41, 5.74) is 2.26. The average molecular weight is 355 g/mol. The van der Waals surface area contributed by atoms with Gasteiger partial charge < -0.3 is 14.2 Å². The third kappa shape index (κ3) is 3.06. The van der Waals surface area contributed by atoms with Gasteiger partial charge >= 0.3 is 0 Å². The summed E-state index contributed by atoms with van der Waals surface area (Å²) < 4.78 is 16.8. The van der Waals surface area contributed by atoms with Crippen LogP contribution < -0.4 is 9.47 Å². The third-order valence-corrected chi connectivity index (χ3v) is 4.40. The summed E-state index contributed by atoms with van der Waals surface area (Å²) in [7, 11) is 0. The molecule has 3 aromatic carbocycles. The summed E-state index contributed by atoms with van der Waals surface area (Å²) in [5, 5.41) is 2.46. The van der Waals surface area contributed by atoms with Gasteiger partial charge in [0.2, 0.25) is 0 Å². The van der Waals surface area contributed by atoms with Crippen LogP contribution in [0.1, 0.15) is 21.5 Å². The first-order valence-corrected chi connectivity index (χ1v) is 8.25. The highest BCUT2D eigenvalue weighted by molar-refractivity contribution is 6.30. The number of hydrogen-bond acceptors (Lipinski definition) is 4. The quantitative estimate of drug-likeness (QED) is 0.634. The Kier molecular flexibility index (Phi) is 4.30. The zero-order valence-electron chi connectivity index (χ0n) is 13.3. The number of rotatable bonds is 4. The van der Waals surface area contributed by atoms with Crippen LogP contribution in [0.15, 0.2) is 48.5 Å². The van der Waals surface area contributed by atoms with Gasteiger partial charge in [-0.2, -0.15) is 0 Å². The maximum Gasteiger partial charge on any atom is 0.189 e. The summed E-state index contributed by atoms with van der Waals surface area (Å²) in [6, 6.07) is 15.1. The van der Waals surface area contributed by atoms with Crippen LogP contribution in [0.5, 0.6) is 11.5 Å². The largest absolute Gasteiger partial charge is 0.488 e. The van der Waals surface area contributed by atoms with Crippen LogP contribution in [0.4, 0.5) is 0 Å². The molecule has 0 saturated heterocycles. The van der Waals surface area contributed by atoms with Crippen molar-refractivity contribution in [1.29, 1.82) is 0 Å². The Morgan fingerprint density at radius 1 is 1.16 bits per heavy atom. The first-order valence-electron chi connectivity index (χ1n) is 7.88. The molecular formula is C20H15ClO4. The molecule has 0 saturated carbocycles. The minimum absolute atomic E-state index is 0.206. The third-order valence-electron chi connectivity index (χ3n) is 4.18. The molecule has 4 rings (SSSR count). The van der Waals surface area contributed by atoms with Crippen LogP contribution in [-0.4, -0.2) is 13.1 Å². The minimum atomic E-state index is 0.206. The van der Waals surface area contributed by atoms with Crippen LogP contribution in [0, 0.1) is 0 Å². The number of fused-ring (bicyclic) bond motifs is 2. The van der Waals surface area contributed by atoms with Crippen LogP contribution in [0.2, 0.25) is 5.02 Å². The number of aldehydes is 1. The van der Waals surface area contributed by atoms with Crippen LogP contribution >= 0.6 is 11.6 Å². The number of benzene rings is 3. The van der Waals surface area contributed by atoms with Crippen molar-refractivity contribution < 1.29 is 19.0 Å². The summed E-state index contributed by atoms with van der Waals surface area (Å²) in [5.74, 6) is 1.28. The molecule has 0 N–H and O–H groups in total. The number of ether oxygens (including phenoxy) is 3. The highest BCUT2D eigenvalue weighted by Crippen LogP contribution is 2.33. The van der Waals surface area contributed by atoms with E-state index in [0.29, 0.717) is 22.9 Å². The van der Waals surface area contributed by atoms with Gasteiger partial charge in [-0.05, 0) is 29.0 Å². The molecule has 0 amide bonds. The Balaban J connectivity index is 1.67. The van der Waals surface area contributed by atoms with Crippen molar-refractivity contribution in [2.75, 3.05) is 6.79 Å². The van der Waals surface area contributed by atoms with Gasteiger partial charge in [0.1, 0.15) is 18.1 Å². The van der Waals surface area contributed by atoms with E-state index in [1.165, 1.54) is 0 Å². The van der Waals surface area contributed by atoms with E-state index in [1.807, 2.05) is 48.5 Å².